The monoisotopic (exact) mass is 362 g/mol. The van der Waals surface area contributed by atoms with Crippen molar-refractivity contribution < 1.29 is 9.53 Å². The van der Waals surface area contributed by atoms with Crippen LogP contribution < -0.4 is 5.32 Å². The van der Waals surface area contributed by atoms with Gasteiger partial charge in [-0.15, -0.1) is 10.2 Å². The second-order valence-corrected chi connectivity index (χ2v) is 7.05. The van der Waals surface area contributed by atoms with Gasteiger partial charge in [0, 0.05) is 37.9 Å². The molecule has 25 heavy (non-hydrogen) atoms. The molecule has 0 saturated carbocycles. The predicted octanol–water partition coefficient (Wildman–Crippen LogP) is 1.90. The van der Waals surface area contributed by atoms with E-state index in [0.717, 1.165) is 34.5 Å². The minimum absolute atomic E-state index is 0.0111. The lowest BCUT2D eigenvalue weighted by Crippen LogP contribution is -2.31. The van der Waals surface area contributed by atoms with Crippen LogP contribution in [0.15, 0.2) is 6.07 Å². The number of aryl methyl sites for hydroxylation is 2. The molecule has 1 N–H and O–H groups in total. The van der Waals surface area contributed by atoms with Gasteiger partial charge in [-0.1, -0.05) is 18.3 Å². The third-order valence-corrected chi connectivity index (χ3v) is 5.03. The molecule has 3 heterocycles. The third-order valence-electron chi connectivity index (χ3n) is 4.05. The number of amides is 1. The number of methoxy groups -OCH3 is 1. The first kappa shape index (κ1) is 17.7. The van der Waals surface area contributed by atoms with Gasteiger partial charge in [0.25, 0.3) is 0 Å². The van der Waals surface area contributed by atoms with Crippen molar-refractivity contribution >= 4 is 28.2 Å². The Kier molecular flexibility index (Phi) is 5.54. The Morgan fingerprint density at radius 3 is 3.00 bits per heavy atom. The van der Waals surface area contributed by atoms with Crippen LogP contribution >= 0.6 is 11.3 Å². The molecule has 1 unspecified atom stereocenters. The third kappa shape index (κ3) is 4.29. The van der Waals surface area contributed by atoms with Crippen molar-refractivity contribution in [1.82, 2.24) is 25.1 Å². The van der Waals surface area contributed by atoms with Crippen LogP contribution in [0.1, 0.15) is 35.8 Å². The number of aromatic nitrogens is 4. The van der Waals surface area contributed by atoms with E-state index in [1.165, 1.54) is 18.4 Å². The maximum atomic E-state index is 12.0. The quantitative estimate of drug-likeness (QED) is 0.839. The number of hydrogen-bond acceptors (Lipinski definition) is 8. The topological polar surface area (TPSA) is 93.1 Å². The first-order valence-corrected chi connectivity index (χ1v) is 9.12. The van der Waals surface area contributed by atoms with Gasteiger partial charge in [-0.2, -0.15) is 0 Å². The lowest BCUT2D eigenvalue weighted by Gasteiger charge is -2.16. The van der Waals surface area contributed by atoms with Crippen LogP contribution in [-0.2, 0) is 16.0 Å². The molecule has 1 amide bonds. The Morgan fingerprint density at radius 2 is 2.28 bits per heavy atom. The number of carbonyl (C=O) groups is 1. The molecule has 9 heteroatoms. The summed E-state index contributed by atoms with van der Waals surface area (Å²) in [5.74, 6) is 1.62. The van der Waals surface area contributed by atoms with Gasteiger partial charge in [0.05, 0.1) is 0 Å². The van der Waals surface area contributed by atoms with E-state index in [-0.39, 0.29) is 18.4 Å². The summed E-state index contributed by atoms with van der Waals surface area (Å²) in [6.45, 7) is 5.45. The molecule has 0 aliphatic carbocycles. The molecule has 0 aromatic carbocycles. The molecule has 1 atom stereocenters. The van der Waals surface area contributed by atoms with Gasteiger partial charge in [-0.05, 0) is 19.8 Å². The van der Waals surface area contributed by atoms with Crippen LogP contribution in [0.25, 0.3) is 0 Å². The van der Waals surface area contributed by atoms with Crippen LogP contribution in [0.3, 0.4) is 0 Å². The van der Waals surface area contributed by atoms with Crippen LogP contribution in [0.5, 0.6) is 0 Å². The molecule has 3 rings (SSSR count). The highest BCUT2D eigenvalue weighted by Gasteiger charge is 2.29. The van der Waals surface area contributed by atoms with Crippen LogP contribution in [-0.4, -0.2) is 57.8 Å². The van der Waals surface area contributed by atoms with Crippen molar-refractivity contribution in [3.63, 3.8) is 0 Å². The smallest absolute Gasteiger partial charge is 0.248 e. The summed E-state index contributed by atoms with van der Waals surface area (Å²) in [5.41, 5.74) is 0.884. The average Bonchev–Trinajstić information content (AvgIpc) is 3.23. The summed E-state index contributed by atoms with van der Waals surface area (Å²) in [7, 11) is 1.53. The van der Waals surface area contributed by atoms with Crippen molar-refractivity contribution in [2.75, 3.05) is 32.1 Å². The number of hydrogen-bond donors (Lipinski definition) is 1. The molecule has 0 spiro atoms. The number of rotatable bonds is 6. The molecule has 2 aromatic rings. The Morgan fingerprint density at radius 1 is 1.44 bits per heavy atom. The number of nitrogens with one attached hydrogen (secondary N) is 1. The molecule has 1 saturated heterocycles. The number of nitrogens with zero attached hydrogens (tertiary/aromatic N) is 5. The second-order valence-electron chi connectivity index (χ2n) is 5.99. The number of carbonyl (C=O) groups excluding carboxylic acids is 1. The molecular formula is C16H22N6O2S. The highest BCUT2D eigenvalue weighted by molar-refractivity contribution is 7.15. The van der Waals surface area contributed by atoms with E-state index in [0.29, 0.717) is 18.9 Å². The van der Waals surface area contributed by atoms with Gasteiger partial charge in [0.2, 0.25) is 11.0 Å². The molecule has 0 radical (unpaired) electrons. The summed E-state index contributed by atoms with van der Waals surface area (Å²) >= 11 is 1.52. The van der Waals surface area contributed by atoms with Crippen molar-refractivity contribution in [2.24, 2.45) is 0 Å². The molecule has 0 bridgehead atoms. The van der Waals surface area contributed by atoms with Crippen molar-refractivity contribution in [3.05, 3.63) is 22.6 Å². The fourth-order valence-corrected chi connectivity index (χ4v) is 3.49. The van der Waals surface area contributed by atoms with Gasteiger partial charge >= 0.3 is 0 Å². The zero-order chi connectivity index (χ0) is 17.8. The number of anilines is 2. The average molecular weight is 362 g/mol. The molecule has 8 nitrogen and oxygen atoms in total. The van der Waals surface area contributed by atoms with Crippen LogP contribution in [0.2, 0.25) is 0 Å². The summed E-state index contributed by atoms with van der Waals surface area (Å²) < 4.78 is 4.93. The van der Waals surface area contributed by atoms with Gasteiger partial charge < -0.3 is 15.0 Å². The Labute approximate surface area is 150 Å². The van der Waals surface area contributed by atoms with E-state index in [9.17, 15) is 4.79 Å². The summed E-state index contributed by atoms with van der Waals surface area (Å²) in [4.78, 5) is 23.0. The Hall–Kier alpha value is -2.13. The molecule has 2 aromatic heterocycles. The Bertz CT molecular complexity index is 750. The van der Waals surface area contributed by atoms with E-state index < -0.39 is 0 Å². The van der Waals surface area contributed by atoms with E-state index in [1.807, 2.05) is 24.8 Å². The molecule has 1 aliphatic heterocycles. The summed E-state index contributed by atoms with van der Waals surface area (Å²) in [6.07, 6.45) is 1.72. The predicted molar refractivity (Wildman–Crippen MR) is 95.2 cm³/mol. The fourth-order valence-electron chi connectivity index (χ4n) is 2.81. The largest absolute Gasteiger partial charge is 0.375 e. The standard InChI is InChI=1S/C16H22N6O2S/c1-4-13-20-21-16(25-13)19-12-7-10(2)17-15(18-12)11-5-6-22(8-11)14(23)9-24-3/h7,11H,4-6,8-9H2,1-3H3,(H,17,18,19,21). The van der Waals surface area contributed by atoms with Crippen LogP contribution in [0, 0.1) is 6.92 Å². The van der Waals surface area contributed by atoms with E-state index in [2.05, 4.69) is 25.5 Å². The van der Waals surface area contributed by atoms with Gasteiger partial charge in [0.1, 0.15) is 23.3 Å². The molecule has 1 aliphatic rings. The zero-order valence-corrected chi connectivity index (χ0v) is 15.5. The van der Waals surface area contributed by atoms with E-state index in [1.54, 1.807) is 0 Å². The zero-order valence-electron chi connectivity index (χ0n) is 14.7. The van der Waals surface area contributed by atoms with E-state index >= 15 is 0 Å². The number of ether oxygens (including phenoxy) is 1. The lowest BCUT2D eigenvalue weighted by atomic mass is 10.1. The Balaban J connectivity index is 1.72. The first-order valence-electron chi connectivity index (χ1n) is 8.30. The summed E-state index contributed by atoms with van der Waals surface area (Å²) in [6, 6.07) is 1.89. The highest BCUT2D eigenvalue weighted by atomic mass is 32.1. The normalized spacial score (nSPS) is 17.1. The van der Waals surface area contributed by atoms with Gasteiger partial charge in [-0.3, -0.25) is 4.79 Å². The minimum Gasteiger partial charge on any atom is -0.375 e. The number of likely N-dealkylation sites (tertiary alicyclic amines) is 1. The molecule has 134 valence electrons. The summed E-state index contributed by atoms with van der Waals surface area (Å²) in [5, 5.41) is 13.2. The van der Waals surface area contributed by atoms with Crippen molar-refractivity contribution in [3.8, 4) is 0 Å². The molecular weight excluding hydrogens is 340 g/mol. The molecule has 1 fully saturated rings. The SMILES string of the molecule is CCc1nnc(Nc2cc(C)nc(C3CCN(C(=O)COC)C3)n2)s1. The maximum absolute atomic E-state index is 12.0. The second kappa shape index (κ2) is 7.83. The lowest BCUT2D eigenvalue weighted by molar-refractivity contribution is -0.134. The van der Waals surface area contributed by atoms with Crippen molar-refractivity contribution in [1.29, 1.82) is 0 Å². The van der Waals surface area contributed by atoms with Gasteiger partial charge in [0.15, 0.2) is 0 Å². The first-order chi connectivity index (χ1) is 12.1. The van der Waals surface area contributed by atoms with Crippen molar-refractivity contribution in [2.45, 2.75) is 32.6 Å². The van der Waals surface area contributed by atoms with Crippen LogP contribution in [0.4, 0.5) is 10.9 Å². The fraction of sp³-hybridized carbons (Fsp3) is 0.562. The van der Waals surface area contributed by atoms with E-state index in [4.69, 9.17) is 4.74 Å². The minimum atomic E-state index is 0.0111. The van der Waals surface area contributed by atoms with Gasteiger partial charge in [-0.25, -0.2) is 9.97 Å². The highest BCUT2D eigenvalue weighted by Crippen LogP contribution is 2.27. The maximum Gasteiger partial charge on any atom is 0.248 e.